The van der Waals surface area contributed by atoms with Crippen LogP contribution in [0.25, 0.3) is 5.65 Å². The first-order valence-corrected chi connectivity index (χ1v) is 7.88. The first-order valence-electron chi connectivity index (χ1n) is 7.88. The number of benzene rings is 1. The van der Waals surface area contributed by atoms with Crippen molar-refractivity contribution in [3.63, 3.8) is 0 Å². The van der Waals surface area contributed by atoms with E-state index in [0.29, 0.717) is 18.0 Å². The summed E-state index contributed by atoms with van der Waals surface area (Å²) in [5.74, 6) is 0.625. The molecule has 3 aromatic rings. The van der Waals surface area contributed by atoms with Gasteiger partial charge in [-0.15, -0.1) is 0 Å². The number of aryl methyl sites for hydroxylation is 1. The largest absolute Gasteiger partial charge is 0.485 e. The predicted molar refractivity (Wildman–Crippen MR) is 91.0 cm³/mol. The molecule has 0 fully saturated rings. The Bertz CT molecular complexity index is 870. The van der Waals surface area contributed by atoms with Gasteiger partial charge in [-0.25, -0.2) is 4.98 Å². The van der Waals surface area contributed by atoms with Crippen LogP contribution < -0.4 is 10.3 Å². The fraction of sp³-hybridized carbons (Fsp3) is 0.263. The van der Waals surface area contributed by atoms with E-state index in [9.17, 15) is 4.79 Å². The number of nitrogens with zero attached hydrogens (tertiary/aromatic N) is 2. The van der Waals surface area contributed by atoms with E-state index in [0.717, 1.165) is 29.7 Å². The van der Waals surface area contributed by atoms with E-state index < -0.39 is 0 Å². The van der Waals surface area contributed by atoms with E-state index in [1.165, 1.54) is 0 Å². The maximum atomic E-state index is 12.6. The zero-order chi connectivity index (χ0) is 16.2. The first-order chi connectivity index (χ1) is 11.2. The third-order valence-corrected chi connectivity index (χ3v) is 3.86. The van der Waals surface area contributed by atoms with Crippen LogP contribution in [0.3, 0.4) is 0 Å². The summed E-state index contributed by atoms with van der Waals surface area (Å²) in [5, 5.41) is 0. The summed E-state index contributed by atoms with van der Waals surface area (Å²) in [7, 11) is 0. The summed E-state index contributed by atoms with van der Waals surface area (Å²) in [6.07, 6.45) is 3.42. The second-order valence-corrected chi connectivity index (χ2v) is 5.57. The van der Waals surface area contributed by atoms with Gasteiger partial charge >= 0.3 is 0 Å². The van der Waals surface area contributed by atoms with Crippen molar-refractivity contribution in [3.05, 3.63) is 75.8 Å². The van der Waals surface area contributed by atoms with E-state index in [1.54, 1.807) is 10.6 Å². The lowest BCUT2D eigenvalue weighted by Crippen LogP contribution is -2.21. The monoisotopic (exact) mass is 308 g/mol. The smallest absolute Gasteiger partial charge is 0.261 e. The Morgan fingerprint density at radius 2 is 1.91 bits per heavy atom. The van der Waals surface area contributed by atoms with Crippen LogP contribution in [0.1, 0.15) is 30.2 Å². The van der Waals surface area contributed by atoms with Crippen molar-refractivity contribution in [2.24, 2.45) is 0 Å². The maximum Gasteiger partial charge on any atom is 0.261 e. The molecule has 0 N–H and O–H groups in total. The molecule has 0 aliphatic rings. The van der Waals surface area contributed by atoms with Gasteiger partial charge in [0.05, 0.1) is 0 Å². The van der Waals surface area contributed by atoms with Crippen LogP contribution in [0.2, 0.25) is 0 Å². The van der Waals surface area contributed by atoms with E-state index in [2.05, 4.69) is 11.9 Å². The van der Waals surface area contributed by atoms with Gasteiger partial charge in [0.25, 0.3) is 5.56 Å². The molecule has 4 nitrogen and oxygen atoms in total. The zero-order valence-electron chi connectivity index (χ0n) is 13.5. The summed E-state index contributed by atoms with van der Waals surface area (Å²) < 4.78 is 7.47. The van der Waals surface area contributed by atoms with Crippen LogP contribution in [0.4, 0.5) is 0 Å². The minimum absolute atomic E-state index is 0.000453. The average molecular weight is 308 g/mol. The van der Waals surface area contributed by atoms with Crippen LogP contribution in [0.15, 0.2) is 53.5 Å². The molecule has 0 atom stereocenters. The van der Waals surface area contributed by atoms with Crippen molar-refractivity contribution < 1.29 is 4.74 Å². The van der Waals surface area contributed by atoms with Crippen molar-refractivity contribution in [1.29, 1.82) is 0 Å². The number of pyridine rings is 1. The Morgan fingerprint density at radius 3 is 2.65 bits per heavy atom. The quantitative estimate of drug-likeness (QED) is 0.724. The van der Waals surface area contributed by atoms with Gasteiger partial charge in [-0.1, -0.05) is 43.7 Å². The maximum absolute atomic E-state index is 12.6. The third-order valence-electron chi connectivity index (χ3n) is 3.86. The van der Waals surface area contributed by atoms with Gasteiger partial charge in [0, 0.05) is 17.5 Å². The number of ether oxygens (including phenoxy) is 1. The molecular formula is C19H20N2O2. The Balaban J connectivity index is 2.00. The van der Waals surface area contributed by atoms with Crippen LogP contribution >= 0.6 is 0 Å². The van der Waals surface area contributed by atoms with Crippen molar-refractivity contribution >= 4 is 5.65 Å². The molecule has 0 amide bonds. The first kappa shape index (κ1) is 15.3. The van der Waals surface area contributed by atoms with Crippen molar-refractivity contribution in [1.82, 2.24) is 9.38 Å². The van der Waals surface area contributed by atoms with Gasteiger partial charge < -0.3 is 4.74 Å². The Hall–Kier alpha value is -2.62. The molecule has 1 aromatic carbocycles. The van der Waals surface area contributed by atoms with Crippen molar-refractivity contribution in [2.45, 2.75) is 33.3 Å². The SMILES string of the molecule is CCCc1c(C)nc2c(OCc3ccccc3)cccn2c1=O. The average Bonchev–Trinajstić information content (AvgIpc) is 2.58. The second-order valence-electron chi connectivity index (χ2n) is 5.57. The molecule has 0 saturated heterocycles. The van der Waals surface area contributed by atoms with Crippen LogP contribution in [-0.2, 0) is 13.0 Å². The fourth-order valence-corrected chi connectivity index (χ4v) is 2.67. The highest BCUT2D eigenvalue weighted by Crippen LogP contribution is 2.19. The highest BCUT2D eigenvalue weighted by molar-refractivity contribution is 5.54. The Labute approximate surface area is 135 Å². The predicted octanol–water partition coefficient (Wildman–Crippen LogP) is 3.53. The summed E-state index contributed by atoms with van der Waals surface area (Å²) in [4.78, 5) is 17.2. The van der Waals surface area contributed by atoms with Crippen LogP contribution in [0.5, 0.6) is 5.75 Å². The third kappa shape index (κ3) is 3.11. The van der Waals surface area contributed by atoms with Crippen molar-refractivity contribution in [3.8, 4) is 5.75 Å². The molecule has 0 saturated carbocycles. The minimum atomic E-state index is -0.000453. The van der Waals surface area contributed by atoms with Gasteiger partial charge in [0.1, 0.15) is 6.61 Å². The van der Waals surface area contributed by atoms with Gasteiger partial charge in [-0.2, -0.15) is 0 Å². The molecule has 23 heavy (non-hydrogen) atoms. The molecule has 0 bridgehead atoms. The molecule has 118 valence electrons. The molecule has 2 aromatic heterocycles. The molecule has 0 aliphatic carbocycles. The summed E-state index contributed by atoms with van der Waals surface area (Å²) >= 11 is 0. The van der Waals surface area contributed by atoms with Gasteiger partial charge in [-0.05, 0) is 31.0 Å². The Kier molecular flexibility index (Phi) is 4.42. The number of rotatable bonds is 5. The lowest BCUT2D eigenvalue weighted by Gasteiger charge is -2.12. The van der Waals surface area contributed by atoms with E-state index in [1.807, 2.05) is 49.4 Å². The second kappa shape index (κ2) is 6.65. The number of hydrogen-bond donors (Lipinski definition) is 0. The van der Waals surface area contributed by atoms with E-state index in [4.69, 9.17) is 4.74 Å². The molecule has 4 heteroatoms. The molecule has 0 radical (unpaired) electrons. The highest BCUT2D eigenvalue weighted by Gasteiger charge is 2.12. The lowest BCUT2D eigenvalue weighted by molar-refractivity contribution is 0.308. The van der Waals surface area contributed by atoms with Gasteiger partial charge in [0.15, 0.2) is 11.4 Å². The molecular weight excluding hydrogens is 288 g/mol. The minimum Gasteiger partial charge on any atom is -0.485 e. The number of fused-ring (bicyclic) bond motifs is 1. The molecule has 0 spiro atoms. The van der Waals surface area contributed by atoms with Gasteiger partial charge in [0.2, 0.25) is 0 Å². The normalized spacial score (nSPS) is 10.9. The summed E-state index contributed by atoms with van der Waals surface area (Å²) in [6, 6.07) is 13.6. The highest BCUT2D eigenvalue weighted by atomic mass is 16.5. The van der Waals surface area contributed by atoms with Crippen molar-refractivity contribution in [2.75, 3.05) is 0 Å². The zero-order valence-corrected chi connectivity index (χ0v) is 13.5. The van der Waals surface area contributed by atoms with E-state index in [-0.39, 0.29) is 5.56 Å². The summed E-state index contributed by atoms with van der Waals surface area (Å²) in [6.45, 7) is 4.40. The number of hydrogen-bond acceptors (Lipinski definition) is 3. The molecule has 3 rings (SSSR count). The lowest BCUT2D eigenvalue weighted by atomic mass is 10.1. The molecule has 2 heterocycles. The number of aromatic nitrogens is 2. The van der Waals surface area contributed by atoms with E-state index >= 15 is 0 Å². The molecule has 0 aliphatic heterocycles. The van der Waals surface area contributed by atoms with Crippen LogP contribution in [-0.4, -0.2) is 9.38 Å². The Morgan fingerprint density at radius 1 is 1.13 bits per heavy atom. The molecule has 0 unspecified atom stereocenters. The topological polar surface area (TPSA) is 43.6 Å². The fourth-order valence-electron chi connectivity index (χ4n) is 2.67. The van der Waals surface area contributed by atoms with Gasteiger partial charge in [-0.3, -0.25) is 9.20 Å². The van der Waals surface area contributed by atoms with Crippen LogP contribution in [0, 0.1) is 6.92 Å². The summed E-state index contributed by atoms with van der Waals surface area (Å²) in [5.41, 5.74) is 3.22. The standard InChI is InChI=1S/C19H20N2O2/c1-3-8-16-14(2)20-18-17(11-7-12-21(18)19(16)22)23-13-15-9-5-4-6-10-15/h4-7,9-12H,3,8,13H2,1-2H3.